The van der Waals surface area contributed by atoms with Gasteiger partial charge in [0, 0.05) is 17.6 Å². The Hall–Kier alpha value is -1.40. The smallest absolute Gasteiger partial charge is 0.334 e. The molecule has 1 aliphatic carbocycles. The van der Waals surface area contributed by atoms with E-state index in [1.54, 1.807) is 6.92 Å². The van der Waals surface area contributed by atoms with Gasteiger partial charge in [-0.15, -0.1) is 0 Å². The molecule has 1 saturated carbocycles. The van der Waals surface area contributed by atoms with Crippen molar-refractivity contribution in [2.24, 2.45) is 5.92 Å². The maximum atomic E-state index is 12.5. The van der Waals surface area contributed by atoms with Crippen molar-refractivity contribution < 1.29 is 28.5 Å². The molecule has 0 bridgehead atoms. The second-order valence-electron chi connectivity index (χ2n) is 8.65. The number of esters is 2. The van der Waals surface area contributed by atoms with Crippen LogP contribution in [0.15, 0.2) is 11.1 Å². The van der Waals surface area contributed by atoms with Gasteiger partial charge in [-0.25, -0.2) is 4.79 Å². The molecule has 0 spiro atoms. The lowest BCUT2D eigenvalue weighted by molar-refractivity contribution is -0.153. The van der Waals surface area contributed by atoms with Gasteiger partial charge < -0.3 is 18.9 Å². The molecule has 4 aliphatic rings. The molecule has 0 aromatic heterocycles. The number of fused-ring (bicyclic) bond motifs is 3. The van der Waals surface area contributed by atoms with E-state index in [9.17, 15) is 9.59 Å². The molecular formula is C20H28O6. The SMILES string of the molecule is CCC(C)C(=O)O[C@@H]1C2=C(C)C(=O)O[C@@H]2C[C@]2(C)O[C@@H]2CC[C@@]2(C)O[C@@H]12. The molecular weight excluding hydrogens is 336 g/mol. The van der Waals surface area contributed by atoms with Crippen molar-refractivity contribution in [1.82, 2.24) is 0 Å². The van der Waals surface area contributed by atoms with Crippen LogP contribution in [0.25, 0.3) is 0 Å². The van der Waals surface area contributed by atoms with Crippen molar-refractivity contribution in [3.63, 3.8) is 0 Å². The fourth-order valence-electron chi connectivity index (χ4n) is 4.34. The van der Waals surface area contributed by atoms with Gasteiger partial charge in [-0.3, -0.25) is 4.79 Å². The van der Waals surface area contributed by atoms with Crippen LogP contribution in [0.5, 0.6) is 0 Å². The van der Waals surface area contributed by atoms with E-state index in [0.717, 1.165) is 18.4 Å². The molecule has 3 aliphatic heterocycles. The highest BCUT2D eigenvalue weighted by Gasteiger charge is 2.64. The van der Waals surface area contributed by atoms with Crippen molar-refractivity contribution in [1.29, 1.82) is 0 Å². The van der Waals surface area contributed by atoms with Crippen LogP contribution in [-0.2, 0) is 28.5 Å². The molecule has 4 rings (SSSR count). The summed E-state index contributed by atoms with van der Waals surface area (Å²) < 4.78 is 23.5. The Morgan fingerprint density at radius 1 is 1.31 bits per heavy atom. The molecule has 3 fully saturated rings. The number of epoxide rings is 2. The zero-order chi connectivity index (χ0) is 18.9. The van der Waals surface area contributed by atoms with E-state index in [2.05, 4.69) is 6.92 Å². The van der Waals surface area contributed by atoms with E-state index in [0.29, 0.717) is 18.4 Å². The van der Waals surface area contributed by atoms with Crippen molar-refractivity contribution in [2.75, 3.05) is 0 Å². The molecule has 0 aromatic carbocycles. The number of hydrogen-bond donors (Lipinski definition) is 0. The van der Waals surface area contributed by atoms with Gasteiger partial charge in [0.2, 0.25) is 0 Å². The molecule has 0 N–H and O–H groups in total. The van der Waals surface area contributed by atoms with Gasteiger partial charge in [0.15, 0.2) is 6.10 Å². The lowest BCUT2D eigenvalue weighted by Gasteiger charge is -2.26. The monoisotopic (exact) mass is 364 g/mol. The predicted molar refractivity (Wildman–Crippen MR) is 92.3 cm³/mol. The molecule has 3 heterocycles. The van der Waals surface area contributed by atoms with Crippen molar-refractivity contribution in [2.45, 2.75) is 95.9 Å². The van der Waals surface area contributed by atoms with Crippen LogP contribution >= 0.6 is 0 Å². The summed E-state index contributed by atoms with van der Waals surface area (Å²) in [4.78, 5) is 24.8. The summed E-state index contributed by atoms with van der Waals surface area (Å²) >= 11 is 0. The van der Waals surface area contributed by atoms with Crippen LogP contribution in [0.1, 0.15) is 60.3 Å². The quantitative estimate of drug-likeness (QED) is 0.566. The number of hydrogen-bond acceptors (Lipinski definition) is 6. The van der Waals surface area contributed by atoms with Crippen LogP contribution in [0.3, 0.4) is 0 Å². The summed E-state index contributed by atoms with van der Waals surface area (Å²) in [6.07, 6.45) is 1.99. The molecule has 1 unspecified atom stereocenters. The van der Waals surface area contributed by atoms with E-state index >= 15 is 0 Å². The highest BCUT2D eigenvalue weighted by atomic mass is 16.6. The van der Waals surface area contributed by atoms with Crippen LogP contribution in [-0.4, -0.2) is 47.6 Å². The van der Waals surface area contributed by atoms with E-state index in [1.165, 1.54) is 0 Å². The summed E-state index contributed by atoms with van der Waals surface area (Å²) in [5.41, 5.74) is 0.659. The third-order valence-corrected chi connectivity index (χ3v) is 6.64. The minimum absolute atomic E-state index is 0.171. The second kappa shape index (κ2) is 5.80. The molecule has 6 heteroatoms. The minimum atomic E-state index is -0.572. The fourth-order valence-corrected chi connectivity index (χ4v) is 4.34. The normalized spacial score (nSPS) is 45.0. The molecule has 2 saturated heterocycles. The second-order valence-corrected chi connectivity index (χ2v) is 8.65. The minimum Gasteiger partial charge on any atom is -0.455 e. The van der Waals surface area contributed by atoms with Crippen LogP contribution in [0.4, 0.5) is 0 Å². The van der Waals surface area contributed by atoms with Gasteiger partial charge in [0.05, 0.1) is 23.2 Å². The van der Waals surface area contributed by atoms with Gasteiger partial charge in [-0.05, 0) is 40.0 Å². The number of carbonyl (C=O) groups is 2. The highest BCUT2D eigenvalue weighted by Crippen LogP contribution is 2.54. The Kier molecular flexibility index (Phi) is 4.01. The summed E-state index contributed by atoms with van der Waals surface area (Å²) in [6.45, 7) is 9.67. The third kappa shape index (κ3) is 2.78. The van der Waals surface area contributed by atoms with Gasteiger partial charge in [-0.1, -0.05) is 13.8 Å². The Bertz CT molecular complexity index is 684. The topological polar surface area (TPSA) is 77.7 Å². The van der Waals surface area contributed by atoms with Gasteiger partial charge >= 0.3 is 11.9 Å². The average Bonchev–Trinajstić information content (AvgIpc) is 3.42. The third-order valence-electron chi connectivity index (χ3n) is 6.64. The maximum Gasteiger partial charge on any atom is 0.334 e. The first kappa shape index (κ1) is 18.0. The zero-order valence-corrected chi connectivity index (χ0v) is 16.2. The first-order valence-corrected chi connectivity index (χ1v) is 9.66. The molecule has 6 nitrogen and oxygen atoms in total. The fraction of sp³-hybridized carbons (Fsp3) is 0.800. The van der Waals surface area contributed by atoms with Gasteiger partial charge in [-0.2, -0.15) is 0 Å². The van der Waals surface area contributed by atoms with E-state index in [-0.39, 0.29) is 41.3 Å². The Morgan fingerprint density at radius 2 is 2.04 bits per heavy atom. The van der Waals surface area contributed by atoms with Crippen LogP contribution < -0.4 is 0 Å². The van der Waals surface area contributed by atoms with Crippen molar-refractivity contribution in [3.8, 4) is 0 Å². The lowest BCUT2D eigenvalue weighted by atomic mass is 9.83. The van der Waals surface area contributed by atoms with Crippen molar-refractivity contribution in [3.05, 3.63) is 11.1 Å². The number of carbonyl (C=O) groups excluding carboxylic acids is 2. The van der Waals surface area contributed by atoms with E-state index in [1.807, 2.05) is 20.8 Å². The Labute approximate surface area is 154 Å². The summed E-state index contributed by atoms with van der Waals surface area (Å²) in [5, 5.41) is 0. The zero-order valence-electron chi connectivity index (χ0n) is 16.2. The van der Waals surface area contributed by atoms with Crippen molar-refractivity contribution >= 4 is 11.9 Å². The highest BCUT2D eigenvalue weighted by molar-refractivity contribution is 5.92. The molecule has 144 valence electrons. The van der Waals surface area contributed by atoms with Crippen LogP contribution in [0.2, 0.25) is 0 Å². The Balaban J connectivity index is 1.69. The molecule has 7 atom stereocenters. The van der Waals surface area contributed by atoms with Gasteiger partial charge in [0.25, 0.3) is 0 Å². The van der Waals surface area contributed by atoms with Crippen LogP contribution in [0, 0.1) is 5.92 Å². The number of ether oxygens (including phenoxy) is 4. The molecule has 0 amide bonds. The summed E-state index contributed by atoms with van der Waals surface area (Å²) in [6, 6.07) is 0. The first-order valence-electron chi connectivity index (χ1n) is 9.66. The average molecular weight is 364 g/mol. The van der Waals surface area contributed by atoms with Gasteiger partial charge in [0.1, 0.15) is 12.2 Å². The molecule has 26 heavy (non-hydrogen) atoms. The standard InChI is InChI=1S/C20H28O6/c1-6-10(2)17(21)24-15-14-11(3)18(22)23-12(14)9-20(5)13(25-20)7-8-19(4)16(15)26-19/h10,12-13,15-16H,6-9H2,1-5H3/t10?,12-,13-,15-,16+,19-,20+/m1/s1. The van der Waals surface area contributed by atoms with E-state index < -0.39 is 12.2 Å². The maximum absolute atomic E-state index is 12.5. The summed E-state index contributed by atoms with van der Waals surface area (Å²) in [7, 11) is 0. The summed E-state index contributed by atoms with van der Waals surface area (Å²) in [5.74, 6) is -0.781. The Morgan fingerprint density at radius 3 is 2.73 bits per heavy atom. The molecule has 0 radical (unpaired) electrons. The first-order chi connectivity index (χ1) is 12.2. The van der Waals surface area contributed by atoms with E-state index in [4.69, 9.17) is 18.9 Å². The predicted octanol–water partition coefficient (Wildman–Crippen LogP) is 2.69. The largest absolute Gasteiger partial charge is 0.455 e. The molecule has 0 aromatic rings. The number of rotatable bonds is 3. The lowest BCUT2D eigenvalue weighted by Crippen LogP contribution is -2.37.